The van der Waals surface area contributed by atoms with Crippen molar-refractivity contribution in [1.82, 2.24) is 9.55 Å². The van der Waals surface area contributed by atoms with Crippen molar-refractivity contribution < 1.29 is 29.2 Å². The summed E-state index contributed by atoms with van der Waals surface area (Å²) in [5, 5.41) is 22.3. The zero-order valence-corrected chi connectivity index (χ0v) is 19.0. The molecule has 3 rings (SSSR count). The highest BCUT2D eigenvalue weighted by Crippen LogP contribution is 2.28. The highest BCUT2D eigenvalue weighted by atomic mass is 127. The minimum absolute atomic E-state index is 0.0354. The third-order valence-corrected chi connectivity index (χ3v) is 5.45. The molecule has 0 radical (unpaired) electrons. The average Bonchev–Trinajstić information content (AvgIpc) is 3.01. The van der Waals surface area contributed by atoms with Gasteiger partial charge in [0.1, 0.15) is 12.2 Å². The molecule has 0 aliphatic carbocycles. The largest absolute Gasteiger partial charge is 0.449 e. The lowest BCUT2D eigenvalue weighted by Crippen LogP contribution is -2.36. The Morgan fingerprint density at radius 1 is 1.26 bits per heavy atom. The van der Waals surface area contributed by atoms with Gasteiger partial charge in [0.05, 0.1) is 29.5 Å². The first-order valence-corrected chi connectivity index (χ1v) is 10.8. The first-order chi connectivity index (χ1) is 14.9. The summed E-state index contributed by atoms with van der Waals surface area (Å²) < 4.78 is 17.6. The number of anilines is 1. The molecule has 1 fully saturated rings. The normalized spacial score (nSPS) is 23.0. The molecule has 0 bridgehead atoms. The molecule has 4 atom stereocenters. The van der Waals surface area contributed by atoms with Gasteiger partial charge < -0.3 is 24.4 Å². The Bertz CT molecular complexity index is 940. The van der Waals surface area contributed by atoms with Gasteiger partial charge in [0.25, 0.3) is 0 Å². The molecular weight excluding hydrogens is 521 g/mol. The Morgan fingerprint density at radius 3 is 2.68 bits per heavy atom. The fraction of sp³-hybridized carbons (Fsp3) is 0.450. The molecule has 31 heavy (non-hydrogen) atoms. The molecule has 0 saturated carbocycles. The lowest BCUT2D eigenvalue weighted by atomic mass is 10.1. The van der Waals surface area contributed by atoms with Crippen LogP contribution < -0.4 is 11.0 Å². The number of benzene rings is 1. The van der Waals surface area contributed by atoms with E-state index in [4.69, 9.17) is 14.2 Å². The van der Waals surface area contributed by atoms with Crippen LogP contribution in [-0.2, 0) is 20.8 Å². The summed E-state index contributed by atoms with van der Waals surface area (Å²) in [5.74, 6) is 0.0354. The molecule has 1 aromatic carbocycles. The molecular formula is C20H24IN3O7. The van der Waals surface area contributed by atoms with Crippen LogP contribution in [0.25, 0.3) is 0 Å². The van der Waals surface area contributed by atoms with Gasteiger partial charge in [-0.15, -0.1) is 0 Å². The van der Waals surface area contributed by atoms with E-state index in [2.05, 4.69) is 10.3 Å². The van der Waals surface area contributed by atoms with E-state index in [1.54, 1.807) is 6.92 Å². The number of nitrogens with zero attached hydrogens (tertiary/aromatic N) is 2. The molecule has 11 heteroatoms. The van der Waals surface area contributed by atoms with E-state index in [0.29, 0.717) is 23.2 Å². The third kappa shape index (κ3) is 6.23. The number of hydrogen-bond donors (Lipinski definition) is 3. The Labute approximate surface area is 192 Å². The van der Waals surface area contributed by atoms with E-state index in [0.717, 1.165) is 10.1 Å². The predicted octanol–water partition coefficient (Wildman–Crippen LogP) is 1.64. The second-order valence-electron chi connectivity index (χ2n) is 6.99. The van der Waals surface area contributed by atoms with Gasteiger partial charge in [-0.2, -0.15) is 4.98 Å². The van der Waals surface area contributed by atoms with Crippen LogP contribution in [0, 0.1) is 3.57 Å². The molecule has 0 unspecified atom stereocenters. The van der Waals surface area contributed by atoms with Gasteiger partial charge in [0.2, 0.25) is 0 Å². The number of aromatic nitrogens is 2. The van der Waals surface area contributed by atoms with Gasteiger partial charge >= 0.3 is 11.8 Å². The van der Waals surface area contributed by atoms with Crippen LogP contribution in [0.1, 0.15) is 25.1 Å². The molecule has 0 spiro atoms. The van der Waals surface area contributed by atoms with Crippen molar-refractivity contribution >= 4 is 34.5 Å². The highest BCUT2D eigenvalue weighted by Gasteiger charge is 2.42. The van der Waals surface area contributed by atoms with Crippen molar-refractivity contribution in [3.63, 3.8) is 0 Å². The van der Waals surface area contributed by atoms with Gasteiger partial charge in [0.15, 0.2) is 12.0 Å². The molecule has 1 amide bonds. The molecule has 168 valence electrons. The van der Waals surface area contributed by atoms with E-state index in [-0.39, 0.29) is 12.4 Å². The number of nitrogens with one attached hydrogen (secondary N) is 1. The topological polar surface area (TPSA) is 132 Å². The van der Waals surface area contributed by atoms with Crippen molar-refractivity contribution in [2.45, 2.75) is 44.5 Å². The van der Waals surface area contributed by atoms with E-state index in [9.17, 15) is 19.8 Å². The zero-order chi connectivity index (χ0) is 22.4. The van der Waals surface area contributed by atoms with E-state index in [1.807, 2.05) is 52.9 Å². The summed E-state index contributed by atoms with van der Waals surface area (Å²) in [7, 11) is 0. The van der Waals surface area contributed by atoms with Gasteiger partial charge in [0, 0.05) is 12.6 Å². The van der Waals surface area contributed by atoms with Crippen LogP contribution in [0.5, 0.6) is 0 Å². The molecule has 2 heterocycles. The van der Waals surface area contributed by atoms with Gasteiger partial charge in [-0.3, -0.25) is 9.88 Å². The summed E-state index contributed by atoms with van der Waals surface area (Å²) in [6.07, 6.45) is -2.90. The Hall–Kier alpha value is -2.06. The number of carbonyl (C=O) groups excluding carboxylic acids is 1. The SMILES string of the molecule is C[C@H]1O[C@@H](n2cc(I)c(NC(=O)OCCCOCc3ccccc3)nc2=O)[C@H](O)[C@@H]1O. The second kappa shape index (κ2) is 11.0. The number of rotatable bonds is 8. The standard InChI is InChI=1S/C20H24IN3O7/c1-12-15(25)16(26)18(31-12)24-10-14(21)17(22-19(24)27)23-20(28)30-9-5-8-29-11-13-6-3-2-4-7-13/h2-4,6-7,10,12,15-16,18,25-26H,5,8-9,11H2,1H3,(H,22,23,27,28)/t12-,15-,16-,18-/m1/s1. The van der Waals surface area contributed by atoms with E-state index >= 15 is 0 Å². The highest BCUT2D eigenvalue weighted by molar-refractivity contribution is 14.1. The van der Waals surface area contributed by atoms with E-state index < -0.39 is 36.3 Å². The fourth-order valence-electron chi connectivity index (χ4n) is 3.00. The number of carbonyl (C=O) groups is 1. The first-order valence-electron chi connectivity index (χ1n) is 9.72. The van der Waals surface area contributed by atoms with Crippen LogP contribution in [0.3, 0.4) is 0 Å². The maximum atomic E-state index is 12.3. The molecule has 1 aromatic heterocycles. The van der Waals surface area contributed by atoms with E-state index in [1.165, 1.54) is 6.20 Å². The van der Waals surface area contributed by atoms with Crippen molar-refractivity contribution in [2.24, 2.45) is 0 Å². The van der Waals surface area contributed by atoms with Gasteiger partial charge in [-0.1, -0.05) is 30.3 Å². The fourth-order valence-corrected chi connectivity index (χ4v) is 3.55. The Kier molecular flexibility index (Phi) is 8.37. The summed E-state index contributed by atoms with van der Waals surface area (Å²) in [6, 6.07) is 9.74. The number of aliphatic hydroxyl groups excluding tert-OH is 2. The third-order valence-electron chi connectivity index (χ3n) is 4.66. The maximum absolute atomic E-state index is 12.3. The van der Waals surface area contributed by atoms with Gasteiger partial charge in [-0.05, 0) is 35.1 Å². The monoisotopic (exact) mass is 545 g/mol. The number of amides is 1. The Balaban J connectivity index is 1.46. The number of halogens is 1. The van der Waals surface area contributed by atoms with Crippen molar-refractivity contribution in [1.29, 1.82) is 0 Å². The minimum Gasteiger partial charge on any atom is -0.449 e. The van der Waals surface area contributed by atoms with Crippen LogP contribution >= 0.6 is 22.6 Å². The van der Waals surface area contributed by atoms with Crippen LogP contribution in [0.2, 0.25) is 0 Å². The smallest absolute Gasteiger partial charge is 0.412 e. The summed E-state index contributed by atoms with van der Waals surface area (Å²) in [6.45, 7) is 2.66. The average molecular weight is 545 g/mol. The maximum Gasteiger partial charge on any atom is 0.412 e. The van der Waals surface area contributed by atoms with Crippen molar-refractivity contribution in [2.75, 3.05) is 18.5 Å². The quantitative estimate of drug-likeness (QED) is 0.337. The molecule has 3 N–H and O–H groups in total. The predicted molar refractivity (Wildman–Crippen MR) is 118 cm³/mol. The summed E-state index contributed by atoms with van der Waals surface area (Å²) in [5.41, 5.74) is 0.325. The Morgan fingerprint density at radius 2 is 2.00 bits per heavy atom. The van der Waals surface area contributed by atoms with Crippen molar-refractivity contribution in [3.05, 3.63) is 56.1 Å². The van der Waals surface area contributed by atoms with Gasteiger partial charge in [-0.25, -0.2) is 9.59 Å². The second-order valence-corrected chi connectivity index (χ2v) is 8.16. The molecule has 10 nitrogen and oxygen atoms in total. The lowest BCUT2D eigenvalue weighted by Gasteiger charge is -2.18. The summed E-state index contributed by atoms with van der Waals surface area (Å²) >= 11 is 1.89. The summed E-state index contributed by atoms with van der Waals surface area (Å²) in [4.78, 5) is 28.1. The molecule has 1 aliphatic rings. The number of aliphatic hydroxyl groups is 2. The first kappa shape index (κ1) is 23.6. The van der Waals surface area contributed by atoms with Crippen LogP contribution in [0.4, 0.5) is 10.6 Å². The minimum atomic E-state index is -1.27. The number of ether oxygens (including phenoxy) is 3. The molecule has 1 saturated heterocycles. The van der Waals surface area contributed by atoms with Crippen LogP contribution in [-0.4, -0.2) is 57.4 Å². The van der Waals surface area contributed by atoms with Crippen molar-refractivity contribution in [3.8, 4) is 0 Å². The number of hydrogen-bond acceptors (Lipinski definition) is 8. The lowest BCUT2D eigenvalue weighted by molar-refractivity contribution is -0.0351. The van der Waals surface area contributed by atoms with Crippen LogP contribution in [0.15, 0.2) is 41.3 Å². The molecule has 1 aliphatic heterocycles. The zero-order valence-electron chi connectivity index (χ0n) is 16.8. The molecule has 2 aromatic rings.